The Morgan fingerprint density at radius 3 is 2.91 bits per heavy atom. The molecule has 0 aliphatic carbocycles. The molecule has 1 atom stereocenters. The van der Waals surface area contributed by atoms with E-state index in [9.17, 15) is 9.65 Å². The van der Waals surface area contributed by atoms with Crippen LogP contribution in [0.2, 0.25) is 0 Å². The number of pyridine rings is 2. The molecule has 176 valence electrons. The van der Waals surface area contributed by atoms with Gasteiger partial charge in [-0.05, 0) is 72.1 Å². The topological polar surface area (TPSA) is 121 Å². The van der Waals surface area contributed by atoms with Crippen LogP contribution in [0, 0.1) is 17.3 Å². The van der Waals surface area contributed by atoms with Gasteiger partial charge in [0.1, 0.15) is 23.0 Å². The fourth-order valence-electron chi connectivity index (χ4n) is 3.12. The lowest BCUT2D eigenvalue weighted by Gasteiger charge is -2.15. The smallest absolute Gasteiger partial charge is 0.222 e. The van der Waals surface area contributed by atoms with E-state index < -0.39 is 5.95 Å². The van der Waals surface area contributed by atoms with Crippen LogP contribution in [0.5, 0.6) is 11.5 Å². The van der Waals surface area contributed by atoms with Crippen LogP contribution in [-0.2, 0) is 0 Å². The number of halogens is 1. The molecule has 8 nitrogen and oxygen atoms in total. The third-order valence-corrected chi connectivity index (χ3v) is 6.55. The first-order valence-electron chi connectivity index (χ1n) is 10.3. The van der Waals surface area contributed by atoms with Crippen molar-refractivity contribution in [1.82, 2.24) is 20.0 Å². The summed E-state index contributed by atoms with van der Waals surface area (Å²) in [6, 6.07) is 14.0. The number of hydrogen-bond donors (Lipinski definition) is 3. The fraction of sp³-hybridized carbons (Fsp3) is 0.0833. The minimum atomic E-state index is -0.639. The van der Waals surface area contributed by atoms with Crippen molar-refractivity contribution in [2.75, 3.05) is 7.05 Å². The van der Waals surface area contributed by atoms with Crippen molar-refractivity contribution in [3.8, 4) is 28.8 Å². The van der Waals surface area contributed by atoms with Crippen molar-refractivity contribution in [2.24, 2.45) is 10.7 Å². The zero-order valence-corrected chi connectivity index (χ0v) is 20.1. The molecule has 1 aromatic carbocycles. The third-order valence-electron chi connectivity index (χ3n) is 4.74. The van der Waals surface area contributed by atoms with Crippen molar-refractivity contribution in [3.63, 3.8) is 0 Å². The fourth-order valence-corrected chi connectivity index (χ4v) is 4.59. The van der Waals surface area contributed by atoms with Crippen LogP contribution in [0.4, 0.5) is 4.39 Å². The summed E-state index contributed by atoms with van der Waals surface area (Å²) < 4.78 is 23.7. The number of nitrogens with zero attached hydrogens (tertiary/aromatic N) is 4. The number of hydrogen-bond acceptors (Lipinski definition) is 10. The molecule has 35 heavy (non-hydrogen) atoms. The second kappa shape index (κ2) is 11.5. The Bertz CT molecular complexity index is 1350. The predicted octanol–water partition coefficient (Wildman–Crippen LogP) is 4.53. The largest absolute Gasteiger partial charge is 0.454 e. The molecule has 4 rings (SSSR count). The summed E-state index contributed by atoms with van der Waals surface area (Å²) in [5.74, 6) is 0.0475. The zero-order valence-electron chi connectivity index (χ0n) is 18.5. The highest BCUT2D eigenvalue weighted by Gasteiger charge is 2.17. The quantitative estimate of drug-likeness (QED) is 0.230. The molecule has 4 N–H and O–H groups in total. The van der Waals surface area contributed by atoms with Crippen LogP contribution in [0.3, 0.4) is 0 Å². The Morgan fingerprint density at radius 1 is 1.34 bits per heavy atom. The van der Waals surface area contributed by atoms with E-state index in [1.54, 1.807) is 61.3 Å². The summed E-state index contributed by atoms with van der Waals surface area (Å²) in [6.07, 6.45) is 6.14. The first-order chi connectivity index (χ1) is 17.1. The van der Waals surface area contributed by atoms with E-state index in [1.165, 1.54) is 24.3 Å². The number of allylic oxidation sites excluding steroid dienone is 1. The zero-order chi connectivity index (χ0) is 24.6. The van der Waals surface area contributed by atoms with Gasteiger partial charge in [0.2, 0.25) is 5.95 Å². The maximum atomic E-state index is 14.3. The Balaban J connectivity index is 1.66. The summed E-state index contributed by atoms with van der Waals surface area (Å²) >= 11 is 3.02. The summed E-state index contributed by atoms with van der Waals surface area (Å²) in [5, 5.41) is 14.8. The second-order valence-electron chi connectivity index (χ2n) is 6.93. The molecule has 0 amide bonds. The molecule has 2 aromatic heterocycles. The van der Waals surface area contributed by atoms with Crippen molar-refractivity contribution < 1.29 is 9.13 Å². The number of nitrogens with two attached hydrogens (primary N) is 1. The first-order valence-corrected chi connectivity index (χ1v) is 12.1. The minimum Gasteiger partial charge on any atom is -0.454 e. The third kappa shape index (κ3) is 5.81. The number of nitrogens with one attached hydrogen (secondary N) is 2. The van der Waals surface area contributed by atoms with E-state index in [4.69, 9.17) is 10.5 Å². The number of benzene rings is 1. The van der Waals surface area contributed by atoms with Gasteiger partial charge in [-0.2, -0.15) is 9.65 Å². The maximum absolute atomic E-state index is 14.3. The lowest BCUT2D eigenvalue weighted by molar-refractivity contribution is 0.477. The van der Waals surface area contributed by atoms with Crippen molar-refractivity contribution in [2.45, 2.75) is 10.4 Å². The molecule has 11 heteroatoms. The van der Waals surface area contributed by atoms with Crippen molar-refractivity contribution >= 4 is 29.4 Å². The molecule has 1 aliphatic heterocycles. The Labute approximate surface area is 210 Å². The van der Waals surface area contributed by atoms with Gasteiger partial charge >= 0.3 is 0 Å². The van der Waals surface area contributed by atoms with Gasteiger partial charge in [0.25, 0.3) is 0 Å². The lowest BCUT2D eigenvalue weighted by Crippen LogP contribution is -2.28. The lowest BCUT2D eigenvalue weighted by atomic mass is 10.1. The summed E-state index contributed by atoms with van der Waals surface area (Å²) in [6.45, 7) is 0. The molecule has 0 radical (unpaired) electrons. The minimum absolute atomic E-state index is 0.0561. The van der Waals surface area contributed by atoms with Gasteiger partial charge in [-0.25, -0.2) is 14.7 Å². The predicted molar refractivity (Wildman–Crippen MR) is 137 cm³/mol. The van der Waals surface area contributed by atoms with Crippen LogP contribution < -0.4 is 20.5 Å². The molecular formula is C24H20FN7OS2. The highest BCUT2D eigenvalue weighted by atomic mass is 32.2. The van der Waals surface area contributed by atoms with Crippen LogP contribution in [0.1, 0.15) is 11.3 Å². The van der Waals surface area contributed by atoms with Crippen LogP contribution >= 0.6 is 23.7 Å². The number of aliphatic imine (C=N–C) groups is 1. The molecule has 3 heterocycles. The van der Waals surface area contributed by atoms with Crippen molar-refractivity contribution in [1.29, 1.82) is 5.26 Å². The summed E-state index contributed by atoms with van der Waals surface area (Å²) in [4.78, 5) is 13.4. The first kappa shape index (κ1) is 24.3. The van der Waals surface area contributed by atoms with Crippen LogP contribution in [0.15, 0.2) is 82.4 Å². The molecule has 0 saturated carbocycles. The van der Waals surface area contributed by atoms with E-state index in [0.29, 0.717) is 34.2 Å². The van der Waals surface area contributed by atoms with E-state index >= 15 is 0 Å². The maximum Gasteiger partial charge on any atom is 0.222 e. The molecule has 1 aliphatic rings. The molecule has 3 aromatic rings. The molecule has 1 unspecified atom stereocenters. The number of ether oxygens (including phenoxy) is 1. The van der Waals surface area contributed by atoms with Gasteiger partial charge in [0, 0.05) is 24.3 Å². The van der Waals surface area contributed by atoms with Gasteiger partial charge in [0.05, 0.1) is 22.5 Å². The molecule has 0 fully saturated rings. The Hall–Kier alpha value is -3.85. The van der Waals surface area contributed by atoms with Gasteiger partial charge in [-0.3, -0.25) is 4.99 Å². The number of aromatic nitrogens is 2. The van der Waals surface area contributed by atoms with E-state index in [0.717, 1.165) is 4.90 Å². The van der Waals surface area contributed by atoms with Crippen LogP contribution in [-0.4, -0.2) is 28.2 Å². The standard InChI is InChI=1S/C24H20FN7OS2/c1-28-19(8-9-26)22-21(7-5-18(31-22)17-3-2-10-29-23(17)25)33-20-6-4-16(13-15(20)14-27)35-32-24-30-11-12-34-24/h2-13,24,30,32H,26H2,1H3. The SMILES string of the molecule is CN=C(C=CN)c1nc(-c2cccnc2F)ccc1Oc1ccc(SNC2NC=CS2)cc1C#N. The number of nitriles is 1. The highest BCUT2D eigenvalue weighted by Crippen LogP contribution is 2.33. The van der Waals surface area contributed by atoms with Gasteiger partial charge in [0.15, 0.2) is 5.75 Å². The molecule has 0 spiro atoms. The normalized spacial score (nSPS) is 15.2. The monoisotopic (exact) mass is 505 g/mol. The summed E-state index contributed by atoms with van der Waals surface area (Å²) in [5.41, 5.74) is 7.37. The van der Waals surface area contributed by atoms with Gasteiger partial charge < -0.3 is 15.8 Å². The van der Waals surface area contributed by atoms with Crippen molar-refractivity contribution in [3.05, 3.63) is 89.8 Å². The Morgan fingerprint density at radius 2 is 2.20 bits per heavy atom. The average Bonchev–Trinajstić information content (AvgIpc) is 3.41. The average molecular weight is 506 g/mol. The molecule has 0 bridgehead atoms. The van der Waals surface area contributed by atoms with E-state index in [-0.39, 0.29) is 11.1 Å². The van der Waals surface area contributed by atoms with Crippen LogP contribution in [0.25, 0.3) is 11.3 Å². The highest BCUT2D eigenvalue weighted by molar-refractivity contribution is 8.04. The van der Waals surface area contributed by atoms with E-state index in [1.807, 2.05) is 17.7 Å². The Kier molecular flexibility index (Phi) is 7.99. The van der Waals surface area contributed by atoms with E-state index in [2.05, 4.69) is 31.1 Å². The van der Waals surface area contributed by atoms with Gasteiger partial charge in [-0.15, -0.1) is 0 Å². The summed E-state index contributed by atoms with van der Waals surface area (Å²) in [7, 11) is 1.59. The van der Waals surface area contributed by atoms with Gasteiger partial charge in [-0.1, -0.05) is 11.8 Å². The molecule has 0 saturated heterocycles. The second-order valence-corrected chi connectivity index (χ2v) is 8.86. The number of rotatable bonds is 8. The number of thioether (sulfide) groups is 1. The molecular weight excluding hydrogens is 485 g/mol.